The van der Waals surface area contributed by atoms with Gasteiger partial charge in [0.2, 0.25) is 5.91 Å². The molecule has 0 spiro atoms. The van der Waals surface area contributed by atoms with Crippen LogP contribution in [0.25, 0.3) is 0 Å². The van der Waals surface area contributed by atoms with Gasteiger partial charge >= 0.3 is 6.18 Å². The molecule has 0 radical (unpaired) electrons. The minimum absolute atomic E-state index is 0.0293. The summed E-state index contributed by atoms with van der Waals surface area (Å²) in [4.78, 5) is 11.8. The highest BCUT2D eigenvalue weighted by molar-refractivity contribution is 7.91. The number of carbonyl (C=O) groups excluding carboxylic acids is 1. The molecule has 4 nitrogen and oxygen atoms in total. The second-order valence-corrected chi connectivity index (χ2v) is 7.27. The second-order valence-electron chi connectivity index (χ2n) is 5.04. The molecule has 0 saturated carbocycles. The van der Waals surface area contributed by atoms with E-state index in [4.69, 9.17) is 0 Å². The van der Waals surface area contributed by atoms with Gasteiger partial charge in [-0.1, -0.05) is 18.2 Å². The van der Waals surface area contributed by atoms with Gasteiger partial charge in [0.1, 0.15) is 0 Å². The van der Waals surface area contributed by atoms with Crippen molar-refractivity contribution in [1.82, 2.24) is 5.32 Å². The van der Waals surface area contributed by atoms with Crippen molar-refractivity contribution in [2.75, 3.05) is 11.5 Å². The van der Waals surface area contributed by atoms with Crippen LogP contribution < -0.4 is 5.32 Å². The van der Waals surface area contributed by atoms with E-state index in [-0.39, 0.29) is 23.5 Å². The summed E-state index contributed by atoms with van der Waals surface area (Å²) in [6.07, 6.45) is -4.32. The molecule has 1 unspecified atom stereocenters. The van der Waals surface area contributed by atoms with Gasteiger partial charge in [0.05, 0.1) is 23.5 Å². The molecule has 0 bridgehead atoms. The van der Waals surface area contributed by atoms with Crippen LogP contribution in [-0.2, 0) is 27.2 Å². The predicted octanol–water partition coefficient (Wildman–Crippen LogP) is 1.55. The summed E-state index contributed by atoms with van der Waals surface area (Å²) in [6.45, 7) is 0. The second kappa shape index (κ2) is 5.67. The lowest BCUT2D eigenvalue weighted by Gasteiger charge is -2.12. The molecule has 8 heteroatoms. The number of benzene rings is 1. The van der Waals surface area contributed by atoms with E-state index >= 15 is 0 Å². The Bertz CT molecular complexity index is 640. The fourth-order valence-corrected chi connectivity index (χ4v) is 3.90. The van der Waals surface area contributed by atoms with Crippen molar-refractivity contribution >= 4 is 15.7 Å². The Kier molecular flexibility index (Phi) is 4.27. The van der Waals surface area contributed by atoms with E-state index in [1.165, 1.54) is 12.1 Å². The van der Waals surface area contributed by atoms with Crippen LogP contribution in [0.4, 0.5) is 13.2 Å². The molecule has 1 amide bonds. The summed E-state index contributed by atoms with van der Waals surface area (Å²) in [7, 11) is -3.10. The number of rotatable bonds is 3. The molecular formula is C13H14F3NO3S. The van der Waals surface area contributed by atoms with Crippen molar-refractivity contribution in [1.29, 1.82) is 0 Å². The molecule has 2 rings (SSSR count). The van der Waals surface area contributed by atoms with Gasteiger partial charge in [0.25, 0.3) is 0 Å². The average Bonchev–Trinajstić information content (AvgIpc) is 2.67. The van der Waals surface area contributed by atoms with E-state index in [2.05, 4.69) is 5.32 Å². The van der Waals surface area contributed by atoms with Crippen molar-refractivity contribution < 1.29 is 26.4 Å². The van der Waals surface area contributed by atoms with Gasteiger partial charge in [0, 0.05) is 6.04 Å². The Balaban J connectivity index is 1.97. The third kappa shape index (κ3) is 4.45. The Morgan fingerprint density at radius 1 is 1.33 bits per heavy atom. The summed E-state index contributed by atoms with van der Waals surface area (Å²) >= 11 is 0. The van der Waals surface area contributed by atoms with Crippen LogP contribution in [0.5, 0.6) is 0 Å². The Morgan fingerprint density at radius 2 is 2.05 bits per heavy atom. The van der Waals surface area contributed by atoms with E-state index in [0.717, 1.165) is 12.1 Å². The summed E-state index contributed by atoms with van der Waals surface area (Å²) in [5.74, 6) is -0.556. The van der Waals surface area contributed by atoms with Crippen molar-refractivity contribution in [3.8, 4) is 0 Å². The van der Waals surface area contributed by atoms with Gasteiger partial charge in [-0.3, -0.25) is 4.79 Å². The van der Waals surface area contributed by atoms with E-state index in [9.17, 15) is 26.4 Å². The first-order chi connectivity index (χ1) is 9.66. The first-order valence-corrected chi connectivity index (χ1v) is 8.14. The maximum Gasteiger partial charge on any atom is 0.416 e. The summed E-state index contributed by atoms with van der Waals surface area (Å²) in [5.41, 5.74) is -0.570. The number of carbonyl (C=O) groups is 1. The van der Waals surface area contributed by atoms with Crippen LogP contribution in [0.3, 0.4) is 0 Å². The smallest absolute Gasteiger partial charge is 0.352 e. The van der Waals surface area contributed by atoms with Crippen LogP contribution in [0.15, 0.2) is 24.3 Å². The Hall–Kier alpha value is -1.57. The summed E-state index contributed by atoms with van der Waals surface area (Å²) in [6, 6.07) is 4.08. The zero-order valence-corrected chi connectivity index (χ0v) is 11.8. The van der Waals surface area contributed by atoms with Gasteiger partial charge < -0.3 is 5.32 Å². The molecule has 1 aromatic carbocycles. The highest BCUT2D eigenvalue weighted by Gasteiger charge is 2.31. The third-order valence-electron chi connectivity index (χ3n) is 3.22. The largest absolute Gasteiger partial charge is 0.416 e. The molecule has 1 atom stereocenters. The number of alkyl halides is 3. The van der Waals surface area contributed by atoms with Gasteiger partial charge in [-0.05, 0) is 18.1 Å². The molecule has 1 aliphatic rings. The predicted molar refractivity (Wildman–Crippen MR) is 70.3 cm³/mol. The lowest BCUT2D eigenvalue weighted by molar-refractivity contribution is -0.137. The molecule has 1 aliphatic heterocycles. The molecule has 1 N–H and O–H groups in total. The van der Waals surface area contributed by atoms with Gasteiger partial charge in [-0.15, -0.1) is 0 Å². The van der Waals surface area contributed by atoms with E-state index in [1.807, 2.05) is 0 Å². The van der Waals surface area contributed by atoms with Gasteiger partial charge in [-0.2, -0.15) is 13.2 Å². The fourth-order valence-electron chi connectivity index (χ4n) is 2.23. The average molecular weight is 321 g/mol. The monoisotopic (exact) mass is 321 g/mol. The minimum Gasteiger partial charge on any atom is -0.352 e. The van der Waals surface area contributed by atoms with Crippen LogP contribution >= 0.6 is 0 Å². The number of hydrogen-bond acceptors (Lipinski definition) is 3. The molecule has 21 heavy (non-hydrogen) atoms. The minimum atomic E-state index is -4.45. The molecule has 0 aromatic heterocycles. The molecule has 1 saturated heterocycles. The Labute approximate surface area is 120 Å². The van der Waals surface area contributed by atoms with Crippen molar-refractivity contribution in [3.63, 3.8) is 0 Å². The Morgan fingerprint density at radius 3 is 2.62 bits per heavy atom. The zero-order valence-electron chi connectivity index (χ0n) is 11.0. The molecule has 0 aliphatic carbocycles. The maximum atomic E-state index is 12.6. The van der Waals surface area contributed by atoms with E-state index in [0.29, 0.717) is 6.42 Å². The van der Waals surface area contributed by atoms with Crippen LogP contribution in [0, 0.1) is 0 Å². The van der Waals surface area contributed by atoms with Crippen molar-refractivity contribution in [2.24, 2.45) is 0 Å². The van der Waals surface area contributed by atoms with Crippen LogP contribution in [-0.4, -0.2) is 31.9 Å². The lowest BCUT2D eigenvalue weighted by Crippen LogP contribution is -2.36. The standard InChI is InChI=1S/C13H14F3NO3S/c14-13(15,16)10-3-1-2-9(6-10)7-12(18)17-11-4-5-21(19,20)8-11/h1-3,6,11H,4-5,7-8H2,(H,17,18). The normalized spacial score (nSPS) is 21.2. The van der Waals surface area contributed by atoms with Crippen LogP contribution in [0.1, 0.15) is 17.5 Å². The van der Waals surface area contributed by atoms with E-state index in [1.54, 1.807) is 0 Å². The van der Waals surface area contributed by atoms with Crippen LogP contribution in [0.2, 0.25) is 0 Å². The SMILES string of the molecule is O=C(Cc1cccc(C(F)(F)F)c1)NC1CCS(=O)(=O)C1. The van der Waals surface area contributed by atoms with E-state index < -0.39 is 33.5 Å². The van der Waals surface area contributed by atoms with Crippen molar-refractivity contribution in [2.45, 2.75) is 25.1 Å². The zero-order chi connectivity index (χ0) is 15.7. The first kappa shape index (κ1) is 15.8. The third-order valence-corrected chi connectivity index (χ3v) is 4.98. The summed E-state index contributed by atoms with van der Waals surface area (Å²) in [5, 5.41) is 2.54. The number of sulfone groups is 1. The van der Waals surface area contributed by atoms with Crippen molar-refractivity contribution in [3.05, 3.63) is 35.4 Å². The first-order valence-electron chi connectivity index (χ1n) is 6.32. The highest BCUT2D eigenvalue weighted by Crippen LogP contribution is 2.29. The van der Waals surface area contributed by atoms with Gasteiger partial charge in [-0.25, -0.2) is 8.42 Å². The number of amides is 1. The highest BCUT2D eigenvalue weighted by atomic mass is 32.2. The fraction of sp³-hybridized carbons (Fsp3) is 0.462. The molecule has 1 fully saturated rings. The van der Waals surface area contributed by atoms with Gasteiger partial charge in [0.15, 0.2) is 9.84 Å². The molecule has 1 heterocycles. The molecule has 116 valence electrons. The maximum absolute atomic E-state index is 12.6. The topological polar surface area (TPSA) is 63.2 Å². The molecule has 1 aromatic rings. The number of hydrogen-bond donors (Lipinski definition) is 1. The number of halogens is 3. The quantitative estimate of drug-likeness (QED) is 0.919. The summed E-state index contributed by atoms with van der Waals surface area (Å²) < 4.78 is 60.2. The molecular weight excluding hydrogens is 307 g/mol. The number of nitrogens with one attached hydrogen (secondary N) is 1. The lowest BCUT2D eigenvalue weighted by atomic mass is 10.1.